The summed E-state index contributed by atoms with van der Waals surface area (Å²) in [4.78, 5) is 24.0. The van der Waals surface area contributed by atoms with Gasteiger partial charge in [-0.25, -0.2) is 19.7 Å². The van der Waals surface area contributed by atoms with Gasteiger partial charge < -0.3 is 15.5 Å². The molecule has 0 bridgehead atoms. The van der Waals surface area contributed by atoms with Crippen molar-refractivity contribution in [1.82, 2.24) is 15.0 Å². The highest BCUT2D eigenvalue weighted by molar-refractivity contribution is 7.15. The zero-order valence-corrected chi connectivity index (χ0v) is 20.3. The van der Waals surface area contributed by atoms with Crippen molar-refractivity contribution in [3.8, 4) is 10.4 Å². The van der Waals surface area contributed by atoms with Crippen molar-refractivity contribution in [2.75, 3.05) is 5.32 Å². The van der Waals surface area contributed by atoms with E-state index >= 15 is 0 Å². The van der Waals surface area contributed by atoms with E-state index in [1.807, 2.05) is 13.0 Å². The Labute approximate surface area is 213 Å². The number of aromatic nitrogens is 3. The van der Waals surface area contributed by atoms with Crippen LogP contribution in [0.3, 0.4) is 0 Å². The summed E-state index contributed by atoms with van der Waals surface area (Å²) in [7, 11) is 0. The molecule has 0 radical (unpaired) electrons. The van der Waals surface area contributed by atoms with Crippen molar-refractivity contribution in [1.29, 1.82) is 0 Å². The second kappa shape index (κ2) is 9.24. The predicted octanol–water partition coefficient (Wildman–Crippen LogP) is 6.13. The number of halogens is 3. The van der Waals surface area contributed by atoms with Crippen LogP contribution in [-0.2, 0) is 11.6 Å². The van der Waals surface area contributed by atoms with Crippen molar-refractivity contribution >= 4 is 28.9 Å². The summed E-state index contributed by atoms with van der Waals surface area (Å²) in [5.74, 6) is -1.19. The maximum atomic E-state index is 13.0. The number of benzene rings is 2. The first-order valence-electron chi connectivity index (χ1n) is 11.3. The maximum Gasteiger partial charge on any atom is 0.433 e. The molecule has 1 aliphatic rings. The fourth-order valence-electron chi connectivity index (χ4n) is 4.21. The largest absolute Gasteiger partial charge is 0.478 e. The molecule has 1 aliphatic carbocycles. The Balaban J connectivity index is 1.39. The number of nitrogens with one attached hydrogen (secondary N) is 1. The maximum absolute atomic E-state index is 13.0. The van der Waals surface area contributed by atoms with Crippen LogP contribution in [0.4, 0.5) is 24.8 Å². The minimum Gasteiger partial charge on any atom is -0.478 e. The van der Waals surface area contributed by atoms with E-state index in [1.165, 1.54) is 23.5 Å². The number of aryl methyl sites for hydroxylation is 1. The molecule has 2 aromatic carbocycles. The van der Waals surface area contributed by atoms with E-state index in [4.69, 9.17) is 5.11 Å². The van der Waals surface area contributed by atoms with Gasteiger partial charge in [-0.15, -0.1) is 11.3 Å². The molecule has 1 atom stereocenters. The number of aliphatic hydroxyl groups is 1. The summed E-state index contributed by atoms with van der Waals surface area (Å²) in [6, 6.07) is 12.5. The quantitative estimate of drug-likeness (QED) is 0.266. The lowest BCUT2D eigenvalue weighted by atomic mass is 9.93. The lowest BCUT2D eigenvalue weighted by Gasteiger charge is -2.20. The highest BCUT2D eigenvalue weighted by Crippen LogP contribution is 2.58. The monoisotopic (exact) mass is 526 g/mol. The van der Waals surface area contributed by atoms with Gasteiger partial charge in [0.1, 0.15) is 10.7 Å². The number of carboxylic acids is 1. The molecule has 3 N–H and O–H groups in total. The number of carbonyl (C=O) groups is 1. The van der Waals surface area contributed by atoms with Crippen LogP contribution in [0.1, 0.15) is 51.1 Å². The molecular formula is C26H21F3N4O3S. The summed E-state index contributed by atoms with van der Waals surface area (Å²) in [6.07, 6.45) is -1.13. The average Bonchev–Trinajstić information content (AvgIpc) is 3.51. The Hall–Kier alpha value is -3.83. The Morgan fingerprint density at radius 2 is 1.84 bits per heavy atom. The van der Waals surface area contributed by atoms with E-state index in [-0.39, 0.29) is 11.5 Å². The minimum atomic E-state index is -4.57. The number of aromatic carboxylic acids is 1. The molecular weight excluding hydrogens is 505 g/mol. The number of anilines is 2. The fourth-order valence-corrected chi connectivity index (χ4v) is 5.38. The zero-order chi connectivity index (χ0) is 26.4. The highest BCUT2D eigenvalue weighted by atomic mass is 32.1. The van der Waals surface area contributed by atoms with Gasteiger partial charge in [-0.1, -0.05) is 18.2 Å². The van der Waals surface area contributed by atoms with Crippen LogP contribution >= 0.6 is 11.3 Å². The second-order valence-electron chi connectivity index (χ2n) is 8.99. The second-order valence-corrected chi connectivity index (χ2v) is 10.0. The smallest absolute Gasteiger partial charge is 0.433 e. The highest BCUT2D eigenvalue weighted by Gasteiger charge is 2.53. The molecule has 2 heterocycles. The van der Waals surface area contributed by atoms with Crippen LogP contribution < -0.4 is 5.32 Å². The first kappa shape index (κ1) is 24.8. The summed E-state index contributed by atoms with van der Waals surface area (Å²) in [6.45, 7) is 1.87. The van der Waals surface area contributed by atoms with E-state index in [2.05, 4.69) is 20.3 Å². The zero-order valence-electron chi connectivity index (χ0n) is 19.5. The summed E-state index contributed by atoms with van der Waals surface area (Å²) in [5, 5.41) is 23.9. The average molecular weight is 527 g/mol. The Morgan fingerprint density at radius 1 is 1.11 bits per heavy atom. The molecule has 0 unspecified atom stereocenters. The number of alkyl halides is 3. The molecule has 0 amide bonds. The normalized spacial score (nSPS) is 15.3. The van der Waals surface area contributed by atoms with Crippen molar-refractivity contribution in [2.24, 2.45) is 0 Å². The van der Waals surface area contributed by atoms with Crippen molar-refractivity contribution in [3.05, 3.63) is 88.3 Å². The molecule has 37 heavy (non-hydrogen) atoms. The van der Waals surface area contributed by atoms with Gasteiger partial charge in [-0.2, -0.15) is 13.2 Å². The first-order valence-corrected chi connectivity index (χ1v) is 12.1. The lowest BCUT2D eigenvalue weighted by molar-refractivity contribution is -0.141. The number of hydrogen-bond donors (Lipinski definition) is 3. The Bertz CT molecular complexity index is 1470. The number of hydrogen-bond acceptors (Lipinski definition) is 7. The molecule has 0 saturated heterocycles. The van der Waals surface area contributed by atoms with E-state index in [0.717, 1.165) is 46.1 Å². The van der Waals surface area contributed by atoms with Gasteiger partial charge in [0.2, 0.25) is 5.95 Å². The summed E-state index contributed by atoms with van der Waals surface area (Å²) < 4.78 is 39.0. The van der Waals surface area contributed by atoms with Gasteiger partial charge in [0, 0.05) is 18.1 Å². The van der Waals surface area contributed by atoms with Gasteiger partial charge in [0.05, 0.1) is 22.0 Å². The van der Waals surface area contributed by atoms with Crippen LogP contribution in [-0.4, -0.2) is 31.1 Å². The van der Waals surface area contributed by atoms with Gasteiger partial charge in [0.25, 0.3) is 0 Å². The topological polar surface area (TPSA) is 108 Å². The van der Waals surface area contributed by atoms with E-state index in [1.54, 1.807) is 30.5 Å². The van der Waals surface area contributed by atoms with Crippen LogP contribution in [0.25, 0.3) is 10.4 Å². The number of carboxylic acid groups (broad SMARTS) is 1. The van der Waals surface area contributed by atoms with E-state index in [0.29, 0.717) is 11.3 Å². The Kier molecular flexibility index (Phi) is 6.20. The summed E-state index contributed by atoms with van der Waals surface area (Å²) in [5.41, 5.74) is 1.43. The van der Waals surface area contributed by atoms with Gasteiger partial charge in [-0.3, -0.25) is 0 Å². The van der Waals surface area contributed by atoms with Crippen LogP contribution in [0.2, 0.25) is 0 Å². The SMILES string of the molecule is Cc1cc(Nc2nccc(C(F)(F)F)n2)cc(-c2cnc(C3([C@H](O)c4ccc(C(=O)O)cc4)CC3)s2)c1. The van der Waals surface area contributed by atoms with Crippen molar-refractivity contribution in [3.63, 3.8) is 0 Å². The van der Waals surface area contributed by atoms with E-state index < -0.39 is 29.4 Å². The first-order chi connectivity index (χ1) is 17.5. The molecule has 190 valence electrons. The fraction of sp³-hybridized carbons (Fsp3) is 0.231. The predicted molar refractivity (Wildman–Crippen MR) is 132 cm³/mol. The lowest BCUT2D eigenvalue weighted by Crippen LogP contribution is -2.18. The molecule has 4 aromatic rings. The minimum absolute atomic E-state index is 0.150. The van der Waals surface area contributed by atoms with Crippen LogP contribution in [0.15, 0.2) is 60.9 Å². The third-order valence-corrected chi connectivity index (χ3v) is 7.55. The molecule has 7 nitrogen and oxygen atoms in total. The summed E-state index contributed by atoms with van der Waals surface area (Å²) >= 11 is 1.44. The third-order valence-electron chi connectivity index (χ3n) is 6.28. The Morgan fingerprint density at radius 3 is 2.49 bits per heavy atom. The number of aliphatic hydroxyl groups excluding tert-OH is 1. The van der Waals surface area contributed by atoms with E-state index in [9.17, 15) is 23.1 Å². The van der Waals surface area contributed by atoms with Crippen LogP contribution in [0.5, 0.6) is 0 Å². The number of thiazole rings is 1. The molecule has 0 aliphatic heterocycles. The third kappa shape index (κ3) is 5.05. The number of rotatable bonds is 7. The molecule has 11 heteroatoms. The standard InChI is InChI=1S/C26H21F3N4O3S/c1-14-10-17(12-18(11-14)32-24-30-9-6-20(33-24)26(27,28)29)19-13-31-23(37-19)25(7-8-25)21(34)15-2-4-16(5-3-15)22(35)36/h2-6,9-13,21,34H,7-8H2,1H3,(H,35,36)(H,30,32,33)/t21-/m1/s1. The van der Waals surface area contributed by atoms with Gasteiger partial charge >= 0.3 is 12.1 Å². The van der Waals surface area contributed by atoms with Gasteiger partial charge in [-0.05, 0) is 66.8 Å². The molecule has 0 spiro atoms. The van der Waals surface area contributed by atoms with Crippen molar-refractivity contribution < 1.29 is 28.2 Å². The molecule has 2 aromatic heterocycles. The van der Waals surface area contributed by atoms with Gasteiger partial charge in [0.15, 0.2) is 0 Å². The molecule has 5 rings (SSSR count). The molecule has 1 fully saturated rings. The number of nitrogens with zero attached hydrogens (tertiary/aromatic N) is 3. The van der Waals surface area contributed by atoms with Crippen LogP contribution in [0, 0.1) is 6.92 Å². The molecule has 1 saturated carbocycles. The van der Waals surface area contributed by atoms with Crippen molar-refractivity contribution in [2.45, 2.75) is 37.5 Å².